The fourth-order valence-electron chi connectivity index (χ4n) is 0.677. The number of rotatable bonds is 1. The Labute approximate surface area is 89.3 Å². The van der Waals surface area contributed by atoms with Crippen molar-refractivity contribution in [3.05, 3.63) is 29.0 Å². The van der Waals surface area contributed by atoms with Crippen LogP contribution < -0.4 is 5.73 Å². The van der Waals surface area contributed by atoms with E-state index in [1.807, 2.05) is 13.0 Å². The molecule has 0 fully saturated rings. The Morgan fingerprint density at radius 3 is 2.33 bits per heavy atom. The number of aromatic nitrogens is 1. The third kappa shape index (κ3) is 4.12. The molecular formula is C7H11Cl3N2. The Morgan fingerprint density at radius 2 is 2.00 bits per heavy atom. The quantitative estimate of drug-likeness (QED) is 0.804. The van der Waals surface area contributed by atoms with Gasteiger partial charge in [-0.2, -0.15) is 0 Å². The summed E-state index contributed by atoms with van der Waals surface area (Å²) in [7, 11) is 0. The SMILES string of the molecule is C[C@H](N)c1cncc(Cl)c1.Cl.Cl. The van der Waals surface area contributed by atoms with Crippen molar-refractivity contribution >= 4 is 36.4 Å². The molecule has 0 spiro atoms. The molecule has 0 bridgehead atoms. The minimum Gasteiger partial charge on any atom is -0.324 e. The summed E-state index contributed by atoms with van der Waals surface area (Å²) in [5.41, 5.74) is 6.55. The first kappa shape index (κ1) is 14.5. The van der Waals surface area contributed by atoms with Crippen LogP contribution in [0.15, 0.2) is 18.5 Å². The molecule has 0 saturated carbocycles. The van der Waals surface area contributed by atoms with E-state index in [4.69, 9.17) is 17.3 Å². The topological polar surface area (TPSA) is 38.9 Å². The number of pyridine rings is 1. The van der Waals surface area contributed by atoms with Gasteiger partial charge in [-0.25, -0.2) is 0 Å². The monoisotopic (exact) mass is 228 g/mol. The first-order chi connectivity index (χ1) is 4.70. The molecule has 0 radical (unpaired) electrons. The molecule has 1 atom stereocenters. The zero-order chi connectivity index (χ0) is 7.56. The number of hydrogen-bond acceptors (Lipinski definition) is 2. The molecule has 1 aromatic rings. The molecule has 1 aromatic heterocycles. The lowest BCUT2D eigenvalue weighted by Gasteiger charge is -2.03. The average molecular weight is 230 g/mol. The van der Waals surface area contributed by atoms with E-state index in [1.54, 1.807) is 12.4 Å². The lowest BCUT2D eigenvalue weighted by molar-refractivity contribution is 0.812. The maximum Gasteiger partial charge on any atom is 0.0592 e. The van der Waals surface area contributed by atoms with Crippen LogP contribution in [0.3, 0.4) is 0 Å². The van der Waals surface area contributed by atoms with Crippen molar-refractivity contribution in [2.75, 3.05) is 0 Å². The van der Waals surface area contributed by atoms with Crippen LogP contribution in [0.25, 0.3) is 0 Å². The van der Waals surface area contributed by atoms with E-state index in [9.17, 15) is 0 Å². The second-order valence-electron chi connectivity index (χ2n) is 2.23. The molecule has 1 heterocycles. The minimum absolute atomic E-state index is 0. The maximum absolute atomic E-state index is 5.67. The highest BCUT2D eigenvalue weighted by molar-refractivity contribution is 6.30. The van der Waals surface area contributed by atoms with Gasteiger partial charge in [0.05, 0.1) is 5.02 Å². The van der Waals surface area contributed by atoms with E-state index in [0.717, 1.165) is 5.56 Å². The van der Waals surface area contributed by atoms with Crippen molar-refractivity contribution in [1.29, 1.82) is 0 Å². The summed E-state index contributed by atoms with van der Waals surface area (Å²) in [5, 5.41) is 0.634. The maximum atomic E-state index is 5.67. The second kappa shape index (κ2) is 6.49. The van der Waals surface area contributed by atoms with Gasteiger partial charge in [0.25, 0.3) is 0 Å². The lowest BCUT2D eigenvalue weighted by Crippen LogP contribution is -2.04. The van der Waals surface area contributed by atoms with Gasteiger partial charge in [-0.1, -0.05) is 11.6 Å². The number of nitrogens with two attached hydrogens (primary N) is 1. The van der Waals surface area contributed by atoms with Gasteiger partial charge in [0.2, 0.25) is 0 Å². The first-order valence-corrected chi connectivity index (χ1v) is 3.44. The Bertz CT molecular complexity index is 228. The Morgan fingerprint density at radius 1 is 1.42 bits per heavy atom. The zero-order valence-electron chi connectivity index (χ0n) is 6.53. The third-order valence-electron chi connectivity index (χ3n) is 1.25. The van der Waals surface area contributed by atoms with E-state index < -0.39 is 0 Å². The van der Waals surface area contributed by atoms with Crippen molar-refractivity contribution < 1.29 is 0 Å². The largest absolute Gasteiger partial charge is 0.324 e. The fourth-order valence-corrected chi connectivity index (χ4v) is 0.860. The highest BCUT2D eigenvalue weighted by Crippen LogP contribution is 2.12. The summed E-state index contributed by atoms with van der Waals surface area (Å²) in [6.45, 7) is 1.90. The van der Waals surface area contributed by atoms with E-state index in [2.05, 4.69) is 4.98 Å². The fraction of sp³-hybridized carbons (Fsp3) is 0.286. The van der Waals surface area contributed by atoms with Gasteiger partial charge in [-0.05, 0) is 18.6 Å². The molecule has 70 valence electrons. The van der Waals surface area contributed by atoms with Gasteiger partial charge in [0.1, 0.15) is 0 Å². The van der Waals surface area contributed by atoms with Gasteiger partial charge < -0.3 is 5.73 Å². The van der Waals surface area contributed by atoms with Gasteiger partial charge in [-0.15, -0.1) is 24.8 Å². The summed E-state index contributed by atoms with van der Waals surface area (Å²) < 4.78 is 0. The van der Waals surface area contributed by atoms with E-state index >= 15 is 0 Å². The molecule has 0 amide bonds. The van der Waals surface area contributed by atoms with E-state index in [1.165, 1.54) is 0 Å². The minimum atomic E-state index is 0. The van der Waals surface area contributed by atoms with Crippen molar-refractivity contribution in [2.24, 2.45) is 5.73 Å². The molecule has 2 N–H and O–H groups in total. The molecule has 5 heteroatoms. The highest BCUT2D eigenvalue weighted by Gasteiger charge is 1.98. The predicted octanol–water partition coefficient (Wildman–Crippen LogP) is 2.60. The normalized spacial score (nSPS) is 10.9. The molecule has 0 aliphatic heterocycles. The average Bonchev–Trinajstić information content (AvgIpc) is 1.88. The van der Waals surface area contributed by atoms with Crippen LogP contribution in [0.5, 0.6) is 0 Å². The summed E-state index contributed by atoms with van der Waals surface area (Å²) in [6, 6.07) is 1.82. The van der Waals surface area contributed by atoms with E-state index in [-0.39, 0.29) is 30.9 Å². The highest BCUT2D eigenvalue weighted by atomic mass is 35.5. The van der Waals surface area contributed by atoms with Crippen LogP contribution >= 0.6 is 36.4 Å². The third-order valence-corrected chi connectivity index (χ3v) is 1.46. The van der Waals surface area contributed by atoms with Gasteiger partial charge in [0, 0.05) is 18.4 Å². The van der Waals surface area contributed by atoms with Crippen LogP contribution in [-0.2, 0) is 0 Å². The summed E-state index contributed by atoms with van der Waals surface area (Å²) in [4.78, 5) is 3.89. The molecule has 12 heavy (non-hydrogen) atoms. The van der Waals surface area contributed by atoms with Crippen LogP contribution in [0.4, 0.5) is 0 Å². The molecule has 0 aromatic carbocycles. The smallest absolute Gasteiger partial charge is 0.0592 e. The molecule has 0 unspecified atom stereocenters. The van der Waals surface area contributed by atoms with Crippen molar-refractivity contribution in [2.45, 2.75) is 13.0 Å². The van der Waals surface area contributed by atoms with Crippen molar-refractivity contribution in [1.82, 2.24) is 4.98 Å². The first-order valence-electron chi connectivity index (χ1n) is 3.06. The molecule has 1 rings (SSSR count). The predicted molar refractivity (Wildman–Crippen MR) is 56.3 cm³/mol. The standard InChI is InChI=1S/C7H9ClN2.2ClH/c1-5(9)6-2-7(8)4-10-3-6;;/h2-5H,9H2,1H3;2*1H/t5-;;/m0../s1. The Hall–Kier alpha value is -0.0200. The molecule has 0 saturated heterocycles. The summed E-state index contributed by atoms with van der Waals surface area (Å²) >= 11 is 5.67. The van der Waals surface area contributed by atoms with Gasteiger partial charge >= 0.3 is 0 Å². The summed E-state index contributed by atoms with van der Waals surface area (Å²) in [5.74, 6) is 0. The Kier molecular flexibility index (Phi) is 7.84. The summed E-state index contributed by atoms with van der Waals surface area (Å²) in [6.07, 6.45) is 3.31. The van der Waals surface area contributed by atoms with Gasteiger partial charge in [-0.3, -0.25) is 4.98 Å². The number of nitrogens with zero attached hydrogens (tertiary/aromatic N) is 1. The van der Waals surface area contributed by atoms with Crippen molar-refractivity contribution in [3.63, 3.8) is 0 Å². The molecule has 0 aliphatic rings. The van der Waals surface area contributed by atoms with Crippen LogP contribution in [0.1, 0.15) is 18.5 Å². The number of hydrogen-bond donors (Lipinski definition) is 1. The Balaban J connectivity index is 0. The van der Waals surface area contributed by atoms with Crippen LogP contribution in [0, 0.1) is 0 Å². The molecule has 0 aliphatic carbocycles. The second-order valence-corrected chi connectivity index (χ2v) is 2.66. The molecular weight excluding hydrogens is 218 g/mol. The van der Waals surface area contributed by atoms with E-state index in [0.29, 0.717) is 5.02 Å². The zero-order valence-corrected chi connectivity index (χ0v) is 8.92. The number of halogens is 3. The van der Waals surface area contributed by atoms with Crippen LogP contribution in [-0.4, -0.2) is 4.98 Å². The van der Waals surface area contributed by atoms with Crippen LogP contribution in [0.2, 0.25) is 5.02 Å². The van der Waals surface area contributed by atoms with Gasteiger partial charge in [0.15, 0.2) is 0 Å². The molecule has 2 nitrogen and oxygen atoms in total. The van der Waals surface area contributed by atoms with Crippen molar-refractivity contribution in [3.8, 4) is 0 Å². The lowest BCUT2D eigenvalue weighted by atomic mass is 10.2.